The van der Waals surface area contributed by atoms with Crippen LogP contribution in [0, 0.1) is 5.92 Å². The predicted molar refractivity (Wildman–Crippen MR) is 82.3 cm³/mol. The number of carbonyl (C=O) groups is 1. The van der Waals surface area contributed by atoms with Gasteiger partial charge in [-0.1, -0.05) is 0 Å². The van der Waals surface area contributed by atoms with E-state index >= 15 is 0 Å². The topological polar surface area (TPSA) is 68.0 Å². The lowest BCUT2D eigenvalue weighted by atomic mass is 10.2. The van der Waals surface area contributed by atoms with Crippen molar-refractivity contribution >= 4 is 17.0 Å². The van der Waals surface area contributed by atoms with Gasteiger partial charge < -0.3 is 9.73 Å². The number of nitrogens with one attached hydrogen (secondary N) is 1. The molecule has 22 heavy (non-hydrogen) atoms. The molecule has 4 rings (SSSR count). The summed E-state index contributed by atoms with van der Waals surface area (Å²) >= 11 is 0. The van der Waals surface area contributed by atoms with Crippen LogP contribution in [0.4, 0.5) is 0 Å². The zero-order valence-electron chi connectivity index (χ0n) is 12.0. The van der Waals surface area contributed by atoms with E-state index in [4.69, 9.17) is 4.42 Å². The van der Waals surface area contributed by atoms with E-state index in [0.717, 1.165) is 17.6 Å². The van der Waals surface area contributed by atoms with E-state index < -0.39 is 0 Å². The van der Waals surface area contributed by atoms with Crippen molar-refractivity contribution in [2.75, 3.05) is 6.54 Å². The summed E-state index contributed by atoms with van der Waals surface area (Å²) in [6, 6.07) is 9.02. The van der Waals surface area contributed by atoms with Crippen LogP contribution in [0.3, 0.4) is 0 Å². The number of nitrogens with zero attached hydrogens (tertiary/aromatic N) is 2. The summed E-state index contributed by atoms with van der Waals surface area (Å²) in [5.74, 6) is 1.14. The van der Waals surface area contributed by atoms with Gasteiger partial charge in [-0.15, -0.1) is 0 Å². The first-order valence-corrected chi connectivity index (χ1v) is 7.39. The molecule has 1 saturated carbocycles. The van der Waals surface area contributed by atoms with Gasteiger partial charge in [0.15, 0.2) is 5.58 Å². The van der Waals surface area contributed by atoms with Crippen LogP contribution in [-0.2, 0) is 0 Å². The molecule has 0 bridgehead atoms. The molecule has 1 N–H and O–H groups in total. The van der Waals surface area contributed by atoms with Crippen molar-refractivity contribution in [3.8, 4) is 11.5 Å². The van der Waals surface area contributed by atoms with Crippen LogP contribution in [0.1, 0.15) is 23.2 Å². The fourth-order valence-electron chi connectivity index (χ4n) is 2.34. The maximum Gasteiger partial charge on any atom is 0.251 e. The summed E-state index contributed by atoms with van der Waals surface area (Å²) in [5, 5.41) is 2.95. The normalized spacial score (nSPS) is 14.2. The number of carbonyl (C=O) groups excluding carboxylic acids is 1. The smallest absolute Gasteiger partial charge is 0.251 e. The summed E-state index contributed by atoms with van der Waals surface area (Å²) in [7, 11) is 0. The molecule has 0 spiro atoms. The molecule has 1 aromatic carbocycles. The van der Waals surface area contributed by atoms with Gasteiger partial charge in [0.2, 0.25) is 5.89 Å². The number of hydrogen-bond acceptors (Lipinski definition) is 4. The Morgan fingerprint density at radius 1 is 1.23 bits per heavy atom. The first-order chi connectivity index (χ1) is 10.8. The van der Waals surface area contributed by atoms with Crippen molar-refractivity contribution in [3.05, 3.63) is 48.3 Å². The molecule has 2 heterocycles. The highest BCUT2D eigenvalue weighted by Gasteiger charge is 2.22. The lowest BCUT2D eigenvalue weighted by molar-refractivity contribution is 0.0952. The number of benzene rings is 1. The Labute approximate surface area is 127 Å². The molecule has 110 valence electrons. The zero-order valence-corrected chi connectivity index (χ0v) is 12.0. The Bertz CT molecular complexity index is 822. The highest BCUT2D eigenvalue weighted by molar-refractivity contribution is 5.97. The highest BCUT2D eigenvalue weighted by atomic mass is 16.3. The number of hydrogen-bond donors (Lipinski definition) is 1. The first kappa shape index (κ1) is 13.0. The predicted octanol–water partition coefficient (Wildman–Crippen LogP) is 3.03. The third-order valence-corrected chi connectivity index (χ3v) is 3.83. The first-order valence-electron chi connectivity index (χ1n) is 7.39. The fraction of sp³-hybridized carbons (Fsp3) is 0.235. The van der Waals surface area contributed by atoms with Gasteiger partial charge in [0, 0.05) is 30.1 Å². The van der Waals surface area contributed by atoms with E-state index in [9.17, 15) is 4.79 Å². The SMILES string of the molecule is O=C(NCC1CC1)c1ccc2nc(-c3ccncc3)oc2c1. The van der Waals surface area contributed by atoms with Crippen molar-refractivity contribution in [2.24, 2.45) is 5.92 Å². The number of pyridine rings is 1. The van der Waals surface area contributed by atoms with Crippen LogP contribution < -0.4 is 5.32 Å². The molecular weight excluding hydrogens is 278 g/mol. The van der Waals surface area contributed by atoms with Crippen LogP contribution in [-0.4, -0.2) is 22.4 Å². The Morgan fingerprint density at radius 3 is 2.82 bits per heavy atom. The van der Waals surface area contributed by atoms with Crippen molar-refractivity contribution < 1.29 is 9.21 Å². The van der Waals surface area contributed by atoms with Crippen LogP contribution in [0.2, 0.25) is 0 Å². The molecule has 1 amide bonds. The summed E-state index contributed by atoms with van der Waals surface area (Å²) < 4.78 is 5.76. The monoisotopic (exact) mass is 293 g/mol. The van der Waals surface area contributed by atoms with E-state index in [2.05, 4.69) is 15.3 Å². The van der Waals surface area contributed by atoms with Gasteiger partial charge in [0.05, 0.1) is 0 Å². The minimum absolute atomic E-state index is 0.0596. The van der Waals surface area contributed by atoms with Crippen molar-refractivity contribution in [3.63, 3.8) is 0 Å². The minimum Gasteiger partial charge on any atom is -0.436 e. The third kappa shape index (κ3) is 2.57. The number of fused-ring (bicyclic) bond motifs is 1. The van der Waals surface area contributed by atoms with E-state index in [-0.39, 0.29) is 5.91 Å². The maximum atomic E-state index is 12.1. The standard InChI is InChI=1S/C17H15N3O2/c21-16(19-10-11-1-2-11)13-3-4-14-15(9-13)22-17(20-14)12-5-7-18-8-6-12/h3-9,11H,1-2,10H2,(H,19,21). The van der Waals surface area contributed by atoms with Gasteiger partial charge in [0.1, 0.15) is 5.52 Å². The second-order valence-corrected chi connectivity index (χ2v) is 5.59. The Hall–Kier alpha value is -2.69. The molecule has 1 aliphatic carbocycles. The summed E-state index contributed by atoms with van der Waals surface area (Å²) in [6.07, 6.45) is 5.83. The molecule has 2 aromatic heterocycles. The van der Waals surface area contributed by atoms with E-state index in [1.165, 1.54) is 12.8 Å². The van der Waals surface area contributed by atoms with Gasteiger partial charge in [-0.05, 0) is 49.1 Å². The van der Waals surface area contributed by atoms with Crippen LogP contribution >= 0.6 is 0 Å². The maximum absolute atomic E-state index is 12.1. The summed E-state index contributed by atoms with van der Waals surface area (Å²) in [6.45, 7) is 0.759. The second-order valence-electron chi connectivity index (χ2n) is 5.59. The molecule has 0 aliphatic heterocycles. The highest BCUT2D eigenvalue weighted by Crippen LogP contribution is 2.28. The van der Waals surface area contributed by atoms with Gasteiger partial charge in [-0.25, -0.2) is 4.98 Å². The Kier molecular flexibility index (Phi) is 3.11. The van der Waals surface area contributed by atoms with Crippen LogP contribution in [0.5, 0.6) is 0 Å². The molecule has 5 heteroatoms. The van der Waals surface area contributed by atoms with Crippen molar-refractivity contribution in [1.82, 2.24) is 15.3 Å². The number of aromatic nitrogens is 2. The molecular formula is C17H15N3O2. The quantitative estimate of drug-likeness (QED) is 0.803. The van der Waals surface area contributed by atoms with Crippen molar-refractivity contribution in [2.45, 2.75) is 12.8 Å². The van der Waals surface area contributed by atoms with E-state index in [1.54, 1.807) is 24.5 Å². The molecule has 3 aromatic rings. The van der Waals surface area contributed by atoms with Gasteiger partial charge in [0.25, 0.3) is 5.91 Å². The minimum atomic E-state index is -0.0596. The van der Waals surface area contributed by atoms with E-state index in [1.807, 2.05) is 18.2 Å². The third-order valence-electron chi connectivity index (χ3n) is 3.83. The van der Waals surface area contributed by atoms with Crippen LogP contribution in [0.15, 0.2) is 47.1 Å². The number of rotatable bonds is 4. The summed E-state index contributed by atoms with van der Waals surface area (Å²) in [4.78, 5) is 20.5. The van der Waals surface area contributed by atoms with Gasteiger partial charge in [-0.2, -0.15) is 0 Å². The van der Waals surface area contributed by atoms with Gasteiger partial charge >= 0.3 is 0 Å². The lowest BCUT2D eigenvalue weighted by Gasteiger charge is -2.03. The lowest BCUT2D eigenvalue weighted by Crippen LogP contribution is -2.25. The second kappa shape index (κ2) is 5.26. The summed E-state index contributed by atoms with van der Waals surface area (Å²) in [5.41, 5.74) is 2.83. The number of amides is 1. The van der Waals surface area contributed by atoms with Crippen molar-refractivity contribution in [1.29, 1.82) is 0 Å². The molecule has 0 saturated heterocycles. The molecule has 0 unspecified atom stereocenters. The Balaban J connectivity index is 1.61. The zero-order chi connectivity index (χ0) is 14.9. The van der Waals surface area contributed by atoms with Gasteiger partial charge in [-0.3, -0.25) is 9.78 Å². The largest absolute Gasteiger partial charge is 0.436 e. The average Bonchev–Trinajstić information content (AvgIpc) is 3.29. The molecule has 0 radical (unpaired) electrons. The molecule has 1 aliphatic rings. The van der Waals surface area contributed by atoms with Crippen LogP contribution in [0.25, 0.3) is 22.6 Å². The molecule has 0 atom stereocenters. The average molecular weight is 293 g/mol. The molecule has 5 nitrogen and oxygen atoms in total. The number of oxazole rings is 1. The van der Waals surface area contributed by atoms with E-state index in [0.29, 0.717) is 23.0 Å². The molecule has 1 fully saturated rings. The Morgan fingerprint density at radius 2 is 2.05 bits per heavy atom. The fourth-order valence-corrected chi connectivity index (χ4v) is 2.34.